The molecule has 0 fully saturated rings. The molecule has 4 heterocycles. The normalized spacial score (nSPS) is 15.9. The van der Waals surface area contributed by atoms with Crippen LogP contribution in [-0.4, -0.2) is 26.9 Å². The summed E-state index contributed by atoms with van der Waals surface area (Å²) in [5.41, 5.74) is 5.54. The van der Waals surface area contributed by atoms with Gasteiger partial charge in [0.15, 0.2) is 0 Å². The van der Waals surface area contributed by atoms with E-state index >= 15 is 0 Å². The van der Waals surface area contributed by atoms with Gasteiger partial charge in [-0.15, -0.1) is 11.3 Å². The zero-order chi connectivity index (χ0) is 20.8. The fraction of sp³-hybridized carbons (Fsp3) is 0.167. The number of benzene rings is 1. The first-order chi connectivity index (χ1) is 14.5. The number of pyridine rings is 1. The van der Waals surface area contributed by atoms with E-state index in [2.05, 4.69) is 48.0 Å². The molecule has 4 nitrogen and oxygen atoms in total. The Labute approximate surface area is 184 Å². The highest BCUT2D eigenvalue weighted by molar-refractivity contribution is 7.16. The molecule has 0 bridgehead atoms. The van der Waals surface area contributed by atoms with Crippen molar-refractivity contribution >= 4 is 39.9 Å². The van der Waals surface area contributed by atoms with Gasteiger partial charge in [0.1, 0.15) is 5.65 Å². The van der Waals surface area contributed by atoms with Gasteiger partial charge < -0.3 is 9.47 Å². The first-order valence-corrected chi connectivity index (χ1v) is 10.9. The number of aromatic nitrogens is 2. The van der Waals surface area contributed by atoms with Crippen LogP contribution in [0.1, 0.15) is 21.9 Å². The summed E-state index contributed by atoms with van der Waals surface area (Å²) in [5, 5.41) is 1.11. The number of hydrogen-bond donors (Lipinski definition) is 0. The van der Waals surface area contributed by atoms with E-state index in [0.29, 0.717) is 13.1 Å². The number of aryl methyl sites for hydroxylation is 1. The molecule has 0 spiro atoms. The molecular formula is C24H20ClN3OS. The van der Waals surface area contributed by atoms with Gasteiger partial charge in [-0.3, -0.25) is 4.79 Å². The van der Waals surface area contributed by atoms with Crippen molar-refractivity contribution in [1.29, 1.82) is 0 Å². The minimum atomic E-state index is -0.0555. The maximum absolute atomic E-state index is 12.4. The van der Waals surface area contributed by atoms with E-state index in [9.17, 15) is 4.79 Å². The van der Waals surface area contributed by atoms with Gasteiger partial charge in [0.2, 0.25) is 5.91 Å². The summed E-state index contributed by atoms with van der Waals surface area (Å²) in [6.45, 7) is 4.84. The number of nitrogens with zero attached hydrogens (tertiary/aromatic N) is 3. The summed E-state index contributed by atoms with van der Waals surface area (Å²) in [7, 11) is 2.00. The maximum Gasteiger partial charge on any atom is 0.246 e. The van der Waals surface area contributed by atoms with Gasteiger partial charge in [-0.05, 0) is 41.0 Å². The van der Waals surface area contributed by atoms with Gasteiger partial charge in [0.25, 0.3) is 0 Å². The minimum absolute atomic E-state index is 0.0454. The van der Waals surface area contributed by atoms with Crippen molar-refractivity contribution in [2.24, 2.45) is 7.05 Å². The molecule has 1 aliphatic heterocycles. The average molecular weight is 434 g/mol. The fourth-order valence-corrected chi connectivity index (χ4v) is 5.67. The fourth-order valence-electron chi connectivity index (χ4n) is 4.31. The lowest BCUT2D eigenvalue weighted by molar-refractivity contribution is -0.127. The highest BCUT2D eigenvalue weighted by Gasteiger charge is 2.31. The molecule has 30 heavy (non-hydrogen) atoms. The van der Waals surface area contributed by atoms with Crippen molar-refractivity contribution < 1.29 is 4.79 Å². The van der Waals surface area contributed by atoms with E-state index < -0.39 is 0 Å². The SMILES string of the molecule is C=CC(=O)N1Cc2sc(Cl)cc2[C@@H](c2ccccc2-c2cnc3c(ccn3C)c2)C1. The molecule has 1 aromatic carbocycles. The predicted octanol–water partition coefficient (Wildman–Crippen LogP) is 5.62. The number of rotatable bonds is 3. The van der Waals surface area contributed by atoms with Gasteiger partial charge in [0, 0.05) is 47.7 Å². The van der Waals surface area contributed by atoms with E-state index in [1.54, 1.807) is 11.3 Å². The summed E-state index contributed by atoms with van der Waals surface area (Å²) in [6, 6.07) is 14.7. The third-order valence-electron chi connectivity index (χ3n) is 5.76. The van der Waals surface area contributed by atoms with Crippen LogP contribution in [0.2, 0.25) is 4.34 Å². The Kier molecular flexibility index (Phi) is 4.72. The van der Waals surface area contributed by atoms with Gasteiger partial charge in [-0.25, -0.2) is 4.98 Å². The van der Waals surface area contributed by atoms with Crippen molar-refractivity contribution in [2.75, 3.05) is 6.54 Å². The molecule has 0 aliphatic carbocycles. The largest absolute Gasteiger partial charge is 0.336 e. The Hall–Kier alpha value is -2.89. The molecule has 5 rings (SSSR count). The third-order valence-corrected chi connectivity index (χ3v) is 7.03. The Balaban J connectivity index is 1.65. The number of carbonyl (C=O) groups is 1. The van der Waals surface area contributed by atoms with E-state index in [4.69, 9.17) is 11.6 Å². The molecular weight excluding hydrogens is 414 g/mol. The van der Waals surface area contributed by atoms with Crippen molar-refractivity contribution in [1.82, 2.24) is 14.5 Å². The lowest BCUT2D eigenvalue weighted by Crippen LogP contribution is -2.37. The molecule has 6 heteroatoms. The second kappa shape index (κ2) is 7.42. The van der Waals surface area contributed by atoms with Crippen LogP contribution in [0.15, 0.2) is 67.5 Å². The molecule has 0 radical (unpaired) electrons. The van der Waals surface area contributed by atoms with Gasteiger partial charge in [-0.2, -0.15) is 0 Å². The van der Waals surface area contributed by atoms with Crippen molar-refractivity contribution in [2.45, 2.75) is 12.5 Å². The standard InChI is InChI=1S/C24H20ClN3OS/c1-3-23(29)28-13-20(19-11-22(25)30-21(19)14-28)18-7-5-4-6-17(18)16-10-15-8-9-27(2)24(15)26-12-16/h3-12,20H,1,13-14H2,2H3/t20-/m1/s1. The zero-order valence-corrected chi connectivity index (χ0v) is 18.1. The van der Waals surface area contributed by atoms with Gasteiger partial charge in [0.05, 0.1) is 10.9 Å². The van der Waals surface area contributed by atoms with Crippen LogP contribution < -0.4 is 0 Å². The number of fused-ring (bicyclic) bond motifs is 2. The second-order valence-electron chi connectivity index (χ2n) is 7.56. The molecule has 0 N–H and O–H groups in total. The lowest BCUT2D eigenvalue weighted by Gasteiger charge is -2.33. The third kappa shape index (κ3) is 3.15. The van der Waals surface area contributed by atoms with E-state index in [0.717, 1.165) is 31.4 Å². The molecule has 0 saturated heterocycles. The van der Waals surface area contributed by atoms with Gasteiger partial charge >= 0.3 is 0 Å². The summed E-state index contributed by atoms with van der Waals surface area (Å²) < 4.78 is 2.77. The Morgan fingerprint density at radius 2 is 2.10 bits per heavy atom. The summed E-state index contributed by atoms with van der Waals surface area (Å²) in [6.07, 6.45) is 5.33. The molecule has 150 valence electrons. The smallest absolute Gasteiger partial charge is 0.246 e. The Bertz CT molecular complexity index is 1290. The first-order valence-electron chi connectivity index (χ1n) is 9.75. The molecule has 1 amide bonds. The summed E-state index contributed by atoms with van der Waals surface area (Å²) >= 11 is 7.92. The molecule has 3 aromatic heterocycles. The molecule has 0 unspecified atom stereocenters. The second-order valence-corrected chi connectivity index (χ2v) is 9.32. The predicted molar refractivity (Wildman–Crippen MR) is 123 cm³/mol. The van der Waals surface area contributed by atoms with Crippen LogP contribution >= 0.6 is 22.9 Å². The maximum atomic E-state index is 12.4. The van der Waals surface area contributed by atoms with Crippen LogP contribution in [0, 0.1) is 0 Å². The topological polar surface area (TPSA) is 38.1 Å². The number of amides is 1. The zero-order valence-electron chi connectivity index (χ0n) is 16.5. The Morgan fingerprint density at radius 1 is 1.27 bits per heavy atom. The highest BCUT2D eigenvalue weighted by atomic mass is 35.5. The van der Waals surface area contributed by atoms with Crippen LogP contribution in [-0.2, 0) is 18.4 Å². The van der Waals surface area contributed by atoms with E-state index in [1.807, 2.05) is 35.0 Å². The van der Waals surface area contributed by atoms with Crippen LogP contribution in [0.3, 0.4) is 0 Å². The van der Waals surface area contributed by atoms with E-state index in [-0.39, 0.29) is 11.8 Å². The average Bonchev–Trinajstić information content (AvgIpc) is 3.33. The number of hydrogen-bond acceptors (Lipinski definition) is 3. The van der Waals surface area contributed by atoms with Crippen molar-refractivity contribution in [3.63, 3.8) is 0 Å². The summed E-state index contributed by atoms with van der Waals surface area (Å²) in [4.78, 5) is 20.1. The molecule has 1 aliphatic rings. The molecule has 0 saturated carbocycles. The number of thiophene rings is 1. The Morgan fingerprint density at radius 3 is 2.93 bits per heavy atom. The van der Waals surface area contributed by atoms with Gasteiger partial charge in [-0.1, -0.05) is 42.4 Å². The molecule has 4 aromatic rings. The first kappa shape index (κ1) is 19.1. The van der Waals surface area contributed by atoms with Crippen LogP contribution in [0.5, 0.6) is 0 Å². The number of halogens is 1. The number of carbonyl (C=O) groups excluding carboxylic acids is 1. The van der Waals surface area contributed by atoms with Crippen LogP contribution in [0.25, 0.3) is 22.2 Å². The minimum Gasteiger partial charge on any atom is -0.336 e. The summed E-state index contributed by atoms with van der Waals surface area (Å²) in [5.74, 6) is -0.0101. The quantitative estimate of drug-likeness (QED) is 0.393. The van der Waals surface area contributed by atoms with Crippen molar-refractivity contribution in [3.8, 4) is 11.1 Å². The monoisotopic (exact) mass is 433 g/mol. The van der Waals surface area contributed by atoms with Crippen LogP contribution in [0.4, 0.5) is 0 Å². The molecule has 1 atom stereocenters. The van der Waals surface area contributed by atoms with Crippen molar-refractivity contribution in [3.05, 3.63) is 87.9 Å². The lowest BCUT2D eigenvalue weighted by atomic mass is 9.84. The van der Waals surface area contributed by atoms with E-state index in [1.165, 1.54) is 17.2 Å². The highest BCUT2D eigenvalue weighted by Crippen LogP contribution is 2.43.